The van der Waals surface area contributed by atoms with Crippen LogP contribution in [0.2, 0.25) is 0 Å². The molecular weight excluding hydrogens is 212 g/mol. The van der Waals surface area contributed by atoms with Gasteiger partial charge < -0.3 is 11.1 Å². The Labute approximate surface area is 103 Å². The molecule has 17 heavy (non-hydrogen) atoms. The van der Waals surface area contributed by atoms with E-state index in [1.165, 1.54) is 0 Å². The molecule has 0 bridgehead atoms. The zero-order valence-corrected chi connectivity index (χ0v) is 10.9. The number of hydrogen-bond donors (Lipinski definition) is 2. The first-order valence-corrected chi connectivity index (χ1v) is 6.10. The van der Waals surface area contributed by atoms with Gasteiger partial charge in [0, 0.05) is 18.2 Å². The van der Waals surface area contributed by atoms with Gasteiger partial charge in [0.05, 0.1) is 0 Å². The molecule has 0 aliphatic heterocycles. The molecule has 0 heterocycles. The van der Waals surface area contributed by atoms with Gasteiger partial charge in [-0.1, -0.05) is 31.5 Å². The average molecular weight is 234 g/mol. The predicted octanol–water partition coefficient (Wildman–Crippen LogP) is 2.10. The topological polar surface area (TPSA) is 55.1 Å². The molecule has 1 aromatic carbocycles. The lowest BCUT2D eigenvalue weighted by Crippen LogP contribution is -2.41. The molecule has 1 amide bonds. The fourth-order valence-electron chi connectivity index (χ4n) is 1.84. The molecule has 1 aromatic rings. The van der Waals surface area contributed by atoms with Crippen LogP contribution in [-0.4, -0.2) is 18.5 Å². The third-order valence-electron chi connectivity index (χ3n) is 2.66. The Hall–Kier alpha value is -1.35. The molecule has 1 atom stereocenters. The van der Waals surface area contributed by atoms with E-state index in [1.54, 1.807) is 0 Å². The van der Waals surface area contributed by atoms with Crippen LogP contribution in [0.15, 0.2) is 24.3 Å². The quantitative estimate of drug-likeness (QED) is 0.819. The van der Waals surface area contributed by atoms with Crippen molar-refractivity contribution in [2.24, 2.45) is 11.7 Å². The summed E-state index contributed by atoms with van der Waals surface area (Å²) in [5.41, 5.74) is 7.45. The third kappa shape index (κ3) is 4.57. The Balaban J connectivity index is 2.64. The Bertz CT molecular complexity index is 374. The fraction of sp³-hybridized carbons (Fsp3) is 0.500. The van der Waals surface area contributed by atoms with Gasteiger partial charge in [-0.05, 0) is 31.4 Å². The summed E-state index contributed by atoms with van der Waals surface area (Å²) in [4.78, 5) is 12.0. The summed E-state index contributed by atoms with van der Waals surface area (Å²) >= 11 is 0. The van der Waals surface area contributed by atoms with Gasteiger partial charge in [0.1, 0.15) is 0 Å². The highest BCUT2D eigenvalue weighted by molar-refractivity contribution is 5.94. The van der Waals surface area contributed by atoms with E-state index in [1.807, 2.05) is 31.2 Å². The zero-order chi connectivity index (χ0) is 12.8. The molecule has 1 rings (SSSR count). The van der Waals surface area contributed by atoms with Gasteiger partial charge in [-0.15, -0.1) is 0 Å². The molecular formula is C14H22N2O. The van der Waals surface area contributed by atoms with E-state index in [9.17, 15) is 4.79 Å². The summed E-state index contributed by atoms with van der Waals surface area (Å²) in [6, 6.07) is 7.64. The van der Waals surface area contributed by atoms with Crippen molar-refractivity contribution in [1.82, 2.24) is 5.32 Å². The number of nitrogens with two attached hydrogens (primary N) is 1. The van der Waals surface area contributed by atoms with Crippen molar-refractivity contribution in [3.63, 3.8) is 0 Å². The van der Waals surface area contributed by atoms with E-state index in [4.69, 9.17) is 5.73 Å². The number of benzene rings is 1. The summed E-state index contributed by atoms with van der Waals surface area (Å²) in [5.74, 6) is 0.492. The van der Waals surface area contributed by atoms with Crippen LogP contribution < -0.4 is 11.1 Å². The van der Waals surface area contributed by atoms with Gasteiger partial charge in [-0.2, -0.15) is 0 Å². The largest absolute Gasteiger partial charge is 0.348 e. The molecule has 0 saturated heterocycles. The van der Waals surface area contributed by atoms with Crippen molar-refractivity contribution in [3.05, 3.63) is 35.4 Å². The molecule has 0 radical (unpaired) electrons. The number of amides is 1. The van der Waals surface area contributed by atoms with Gasteiger partial charge in [0.15, 0.2) is 0 Å². The second-order valence-corrected chi connectivity index (χ2v) is 4.91. The number of carbonyl (C=O) groups excluding carboxylic acids is 1. The Morgan fingerprint density at radius 2 is 2.12 bits per heavy atom. The second-order valence-electron chi connectivity index (χ2n) is 4.91. The first kappa shape index (κ1) is 13.7. The number of carbonyl (C=O) groups is 1. The molecule has 0 fully saturated rings. The van der Waals surface area contributed by atoms with Crippen molar-refractivity contribution < 1.29 is 4.79 Å². The molecule has 0 aliphatic rings. The van der Waals surface area contributed by atoms with Crippen molar-refractivity contribution in [1.29, 1.82) is 0 Å². The molecule has 3 nitrogen and oxygen atoms in total. The lowest BCUT2D eigenvalue weighted by Gasteiger charge is -2.18. The first-order valence-electron chi connectivity index (χ1n) is 6.10. The van der Waals surface area contributed by atoms with Gasteiger partial charge in [-0.25, -0.2) is 0 Å². The average Bonchev–Trinajstić information content (AvgIpc) is 2.27. The maximum atomic E-state index is 12.0. The molecule has 0 saturated carbocycles. The van der Waals surface area contributed by atoms with Crippen LogP contribution in [0.3, 0.4) is 0 Å². The van der Waals surface area contributed by atoms with Gasteiger partial charge in [0.2, 0.25) is 0 Å². The summed E-state index contributed by atoms with van der Waals surface area (Å²) in [6.45, 7) is 6.71. The van der Waals surface area contributed by atoms with E-state index in [0.717, 1.165) is 12.0 Å². The Morgan fingerprint density at radius 3 is 2.65 bits per heavy atom. The maximum Gasteiger partial charge on any atom is 0.251 e. The highest BCUT2D eigenvalue weighted by atomic mass is 16.1. The first-order chi connectivity index (χ1) is 8.02. The summed E-state index contributed by atoms with van der Waals surface area (Å²) < 4.78 is 0. The van der Waals surface area contributed by atoms with E-state index in [2.05, 4.69) is 19.2 Å². The van der Waals surface area contributed by atoms with Crippen LogP contribution >= 0.6 is 0 Å². The summed E-state index contributed by atoms with van der Waals surface area (Å²) in [7, 11) is 0. The Morgan fingerprint density at radius 1 is 1.41 bits per heavy atom. The van der Waals surface area contributed by atoms with Crippen molar-refractivity contribution in [3.8, 4) is 0 Å². The lowest BCUT2D eigenvalue weighted by molar-refractivity contribution is 0.0933. The molecule has 0 aliphatic carbocycles. The summed E-state index contributed by atoms with van der Waals surface area (Å²) in [6.07, 6.45) is 0.911. The van der Waals surface area contributed by atoms with Crippen LogP contribution in [0.4, 0.5) is 0 Å². The molecule has 0 aromatic heterocycles. The molecule has 1 unspecified atom stereocenters. The van der Waals surface area contributed by atoms with Crippen LogP contribution in [0.25, 0.3) is 0 Å². The number of hydrogen-bond acceptors (Lipinski definition) is 2. The minimum atomic E-state index is -0.0372. The zero-order valence-electron chi connectivity index (χ0n) is 10.9. The molecule has 3 heteroatoms. The molecule has 0 spiro atoms. The Kier molecular flexibility index (Phi) is 5.16. The van der Waals surface area contributed by atoms with Gasteiger partial charge >= 0.3 is 0 Å². The highest BCUT2D eigenvalue weighted by Crippen LogP contribution is 2.07. The normalized spacial score (nSPS) is 12.5. The third-order valence-corrected chi connectivity index (χ3v) is 2.66. The minimum Gasteiger partial charge on any atom is -0.348 e. The molecule has 3 N–H and O–H groups in total. The van der Waals surface area contributed by atoms with Crippen molar-refractivity contribution >= 4 is 5.91 Å². The van der Waals surface area contributed by atoms with E-state index >= 15 is 0 Å². The van der Waals surface area contributed by atoms with Crippen LogP contribution in [-0.2, 0) is 0 Å². The standard InChI is InChI=1S/C14H22N2O/c1-10(2)7-13(9-15)16-14(17)12-6-4-5-11(3)8-12/h4-6,8,10,13H,7,9,15H2,1-3H3,(H,16,17). The smallest absolute Gasteiger partial charge is 0.251 e. The van der Waals surface area contributed by atoms with E-state index < -0.39 is 0 Å². The van der Waals surface area contributed by atoms with Crippen molar-refractivity contribution in [2.75, 3.05) is 6.54 Å². The SMILES string of the molecule is Cc1cccc(C(=O)NC(CN)CC(C)C)c1. The highest BCUT2D eigenvalue weighted by Gasteiger charge is 2.13. The maximum absolute atomic E-state index is 12.0. The molecule has 94 valence electrons. The van der Waals surface area contributed by atoms with E-state index in [-0.39, 0.29) is 11.9 Å². The summed E-state index contributed by atoms with van der Waals surface area (Å²) in [5, 5.41) is 2.98. The predicted molar refractivity (Wildman–Crippen MR) is 70.9 cm³/mol. The van der Waals surface area contributed by atoms with Crippen LogP contribution in [0, 0.1) is 12.8 Å². The monoisotopic (exact) mass is 234 g/mol. The van der Waals surface area contributed by atoms with Gasteiger partial charge in [-0.3, -0.25) is 4.79 Å². The van der Waals surface area contributed by atoms with Crippen molar-refractivity contribution in [2.45, 2.75) is 33.2 Å². The number of nitrogens with one attached hydrogen (secondary N) is 1. The van der Waals surface area contributed by atoms with Gasteiger partial charge in [0.25, 0.3) is 5.91 Å². The van der Waals surface area contributed by atoms with Crippen LogP contribution in [0.5, 0.6) is 0 Å². The number of rotatable bonds is 5. The minimum absolute atomic E-state index is 0.0372. The number of aryl methyl sites for hydroxylation is 1. The van der Waals surface area contributed by atoms with E-state index in [0.29, 0.717) is 18.0 Å². The fourth-order valence-corrected chi connectivity index (χ4v) is 1.84. The van der Waals surface area contributed by atoms with Crippen LogP contribution in [0.1, 0.15) is 36.2 Å². The lowest BCUT2D eigenvalue weighted by atomic mass is 10.0. The second kappa shape index (κ2) is 6.40.